The molecule has 3 aromatic heterocycles. The summed E-state index contributed by atoms with van der Waals surface area (Å²) in [7, 11) is 0. The predicted octanol–water partition coefficient (Wildman–Crippen LogP) is 3.97. The fraction of sp³-hybridized carbons (Fsp3) is 0.320. The molecule has 0 saturated carbocycles. The van der Waals surface area contributed by atoms with E-state index in [1.807, 2.05) is 12.1 Å². The Labute approximate surface area is 223 Å². The minimum atomic E-state index is -1.29. The Kier molecular flexibility index (Phi) is 6.95. The molecule has 0 radical (unpaired) electrons. The van der Waals surface area contributed by atoms with Crippen molar-refractivity contribution in [3.05, 3.63) is 57.1 Å². The molecule has 4 aromatic rings. The second kappa shape index (κ2) is 10.2. The van der Waals surface area contributed by atoms with Gasteiger partial charge in [-0.2, -0.15) is 5.10 Å². The highest BCUT2D eigenvalue weighted by atomic mass is 79.9. The van der Waals surface area contributed by atoms with Crippen molar-refractivity contribution in [2.24, 2.45) is 0 Å². The van der Waals surface area contributed by atoms with Crippen molar-refractivity contribution in [3.63, 3.8) is 0 Å². The minimum Gasteiger partial charge on any atom is -0.328 e. The van der Waals surface area contributed by atoms with Crippen LogP contribution in [-0.4, -0.2) is 65.9 Å². The molecule has 1 saturated heterocycles. The maximum absolute atomic E-state index is 14.4. The number of halogens is 2. The summed E-state index contributed by atoms with van der Waals surface area (Å²) in [6, 6.07) is 4.57. The number of aromatic nitrogens is 5. The van der Waals surface area contributed by atoms with Crippen LogP contribution < -0.4 is 0 Å². The van der Waals surface area contributed by atoms with Crippen molar-refractivity contribution in [1.29, 1.82) is 0 Å². The number of alkyl halides is 1. The molecule has 5 rings (SSSR count). The van der Waals surface area contributed by atoms with Crippen LogP contribution in [0.3, 0.4) is 0 Å². The zero-order valence-electron chi connectivity index (χ0n) is 20.0. The molecule has 9 nitrogen and oxygen atoms in total. The molecule has 1 aliphatic rings. The van der Waals surface area contributed by atoms with Gasteiger partial charge in [0.05, 0.1) is 24.5 Å². The van der Waals surface area contributed by atoms with E-state index in [-0.39, 0.29) is 43.2 Å². The van der Waals surface area contributed by atoms with Crippen LogP contribution in [0.5, 0.6) is 0 Å². The summed E-state index contributed by atoms with van der Waals surface area (Å²) in [5.41, 5.74) is 2.40. The van der Waals surface area contributed by atoms with E-state index in [1.54, 1.807) is 30.8 Å². The van der Waals surface area contributed by atoms with E-state index >= 15 is 0 Å². The van der Waals surface area contributed by atoms with Crippen molar-refractivity contribution < 1.29 is 18.8 Å². The number of thiazole rings is 1. The standard InChI is InChI=1S/C25H22BrFN6O3S/c1-13(34)25-18-5-15(16-8-28-14(2)29-9-16)3-4-19(18)33(31-25)11-24(36)32-10-17(27)6-20(32)21(35)7-23-30-22(26)12-37-23/h3-5,8-9,12,17,20H,6-7,10-11H2,1-2H3/t17-,20+/m1/s1. The number of carbonyl (C=O) groups excluding carboxylic acids is 3. The normalized spacial score (nSPS) is 17.5. The number of amides is 1. The maximum Gasteiger partial charge on any atom is 0.245 e. The smallest absolute Gasteiger partial charge is 0.245 e. The summed E-state index contributed by atoms with van der Waals surface area (Å²) in [4.78, 5) is 52.6. The number of Topliss-reactive ketones (excluding diaryl/α,β-unsaturated/α-hetero) is 2. The lowest BCUT2D eigenvalue weighted by molar-refractivity contribution is -0.138. The highest BCUT2D eigenvalue weighted by Gasteiger charge is 2.40. The lowest BCUT2D eigenvalue weighted by atomic mass is 10.0. The molecular weight excluding hydrogens is 563 g/mol. The van der Waals surface area contributed by atoms with Gasteiger partial charge < -0.3 is 4.90 Å². The Balaban J connectivity index is 1.41. The molecule has 190 valence electrons. The van der Waals surface area contributed by atoms with Gasteiger partial charge in [0.1, 0.15) is 33.8 Å². The number of benzene rings is 1. The Hall–Kier alpha value is -3.38. The van der Waals surface area contributed by atoms with Gasteiger partial charge in [-0.3, -0.25) is 19.1 Å². The molecule has 0 unspecified atom stereocenters. The van der Waals surface area contributed by atoms with Crippen LogP contribution >= 0.6 is 27.3 Å². The van der Waals surface area contributed by atoms with Gasteiger partial charge in [-0.25, -0.2) is 19.3 Å². The average molecular weight is 585 g/mol. The van der Waals surface area contributed by atoms with E-state index in [1.165, 1.54) is 27.8 Å². The topological polar surface area (TPSA) is 111 Å². The van der Waals surface area contributed by atoms with Crippen LogP contribution in [0.15, 0.2) is 40.6 Å². The van der Waals surface area contributed by atoms with Crippen molar-refractivity contribution in [2.75, 3.05) is 6.54 Å². The Morgan fingerprint density at radius 1 is 1.19 bits per heavy atom. The molecule has 1 aromatic carbocycles. The van der Waals surface area contributed by atoms with Crippen molar-refractivity contribution in [3.8, 4) is 11.1 Å². The first-order valence-electron chi connectivity index (χ1n) is 11.6. The second-order valence-electron chi connectivity index (χ2n) is 8.92. The summed E-state index contributed by atoms with van der Waals surface area (Å²) in [6.45, 7) is 2.82. The summed E-state index contributed by atoms with van der Waals surface area (Å²) < 4.78 is 16.4. The van der Waals surface area contributed by atoms with Crippen LogP contribution in [0.4, 0.5) is 4.39 Å². The van der Waals surface area contributed by atoms with Crippen LogP contribution in [0.25, 0.3) is 22.0 Å². The summed E-state index contributed by atoms with van der Waals surface area (Å²) in [6.07, 6.45) is 2.10. The van der Waals surface area contributed by atoms with E-state index < -0.39 is 18.1 Å². The van der Waals surface area contributed by atoms with Gasteiger partial charge in [0.15, 0.2) is 11.6 Å². The number of aryl methyl sites for hydroxylation is 1. The van der Waals surface area contributed by atoms with Gasteiger partial charge >= 0.3 is 0 Å². The molecule has 0 spiro atoms. The number of likely N-dealkylation sites (tertiary alicyclic amines) is 1. The quantitative estimate of drug-likeness (QED) is 0.302. The highest BCUT2D eigenvalue weighted by Crippen LogP contribution is 2.28. The first-order chi connectivity index (χ1) is 17.7. The van der Waals surface area contributed by atoms with Gasteiger partial charge in [0.2, 0.25) is 5.91 Å². The summed E-state index contributed by atoms with van der Waals surface area (Å²) in [5, 5.41) is 7.36. The number of ketones is 2. The Morgan fingerprint density at radius 3 is 2.62 bits per heavy atom. The van der Waals surface area contributed by atoms with E-state index in [0.29, 0.717) is 26.3 Å². The molecule has 0 N–H and O–H groups in total. The lowest BCUT2D eigenvalue weighted by Gasteiger charge is -2.23. The first-order valence-corrected chi connectivity index (χ1v) is 13.2. The average Bonchev–Trinajstić information content (AvgIpc) is 3.56. The van der Waals surface area contributed by atoms with Gasteiger partial charge in [-0.15, -0.1) is 11.3 Å². The highest BCUT2D eigenvalue weighted by molar-refractivity contribution is 9.10. The molecule has 1 amide bonds. The van der Waals surface area contributed by atoms with Gasteiger partial charge in [-0.05, 0) is 40.5 Å². The number of hydrogen-bond acceptors (Lipinski definition) is 8. The Bertz CT molecular complexity index is 1520. The molecule has 0 aliphatic carbocycles. The first kappa shape index (κ1) is 25.3. The van der Waals surface area contributed by atoms with Gasteiger partial charge in [0.25, 0.3) is 0 Å². The molecular formula is C25H22BrFN6O3S. The minimum absolute atomic E-state index is 0.0299. The zero-order chi connectivity index (χ0) is 26.3. The number of nitrogens with zero attached hydrogens (tertiary/aromatic N) is 6. The number of carbonyl (C=O) groups is 3. The molecule has 4 heterocycles. The predicted molar refractivity (Wildman–Crippen MR) is 139 cm³/mol. The maximum atomic E-state index is 14.4. The fourth-order valence-corrected chi connectivity index (χ4v) is 5.78. The van der Waals surface area contributed by atoms with Crippen LogP contribution in [0, 0.1) is 6.92 Å². The number of hydrogen-bond donors (Lipinski definition) is 0. The molecule has 0 bridgehead atoms. The monoisotopic (exact) mass is 584 g/mol. The largest absolute Gasteiger partial charge is 0.328 e. The third-order valence-corrected chi connectivity index (χ3v) is 7.83. The molecule has 37 heavy (non-hydrogen) atoms. The lowest BCUT2D eigenvalue weighted by Crippen LogP contribution is -2.43. The fourth-order valence-electron chi connectivity index (χ4n) is 4.50. The van der Waals surface area contributed by atoms with Crippen LogP contribution in [0.2, 0.25) is 0 Å². The third kappa shape index (κ3) is 5.21. The third-order valence-electron chi connectivity index (χ3n) is 6.27. The van der Waals surface area contributed by atoms with Crippen molar-refractivity contribution in [1.82, 2.24) is 29.6 Å². The zero-order valence-corrected chi connectivity index (χ0v) is 22.4. The second-order valence-corrected chi connectivity index (χ2v) is 10.7. The van der Waals surface area contributed by atoms with E-state index in [0.717, 1.165) is 11.1 Å². The van der Waals surface area contributed by atoms with Crippen LogP contribution in [0.1, 0.15) is 34.7 Å². The van der Waals surface area contributed by atoms with Gasteiger partial charge in [-0.1, -0.05) is 6.07 Å². The summed E-state index contributed by atoms with van der Waals surface area (Å²) >= 11 is 4.59. The van der Waals surface area contributed by atoms with E-state index in [2.05, 4.69) is 36.0 Å². The van der Waals surface area contributed by atoms with Crippen molar-refractivity contribution >= 4 is 55.6 Å². The Morgan fingerprint density at radius 2 is 1.95 bits per heavy atom. The van der Waals surface area contributed by atoms with E-state index in [4.69, 9.17) is 0 Å². The molecule has 2 atom stereocenters. The summed E-state index contributed by atoms with van der Waals surface area (Å²) in [5.74, 6) is -0.292. The number of fused-ring (bicyclic) bond motifs is 1. The molecule has 12 heteroatoms. The SMILES string of the molecule is CC(=O)c1nn(CC(=O)N2C[C@H](F)C[C@H]2C(=O)Cc2nc(Br)cs2)c2ccc(-c3cnc(C)nc3)cc12. The molecule has 1 aliphatic heterocycles. The van der Waals surface area contributed by atoms with Crippen LogP contribution in [-0.2, 0) is 22.6 Å². The van der Waals surface area contributed by atoms with Gasteiger partial charge in [0, 0.05) is 42.1 Å². The van der Waals surface area contributed by atoms with E-state index in [9.17, 15) is 18.8 Å². The molecule has 1 fully saturated rings. The number of rotatable bonds is 7. The van der Waals surface area contributed by atoms with Crippen molar-refractivity contribution in [2.45, 2.75) is 45.4 Å².